The molecule has 1 aromatic heterocycles. The number of pyridine rings is 1. The van der Waals surface area contributed by atoms with Crippen molar-refractivity contribution < 1.29 is 32.2 Å². The van der Waals surface area contributed by atoms with Gasteiger partial charge in [0.05, 0.1) is 25.8 Å². The van der Waals surface area contributed by atoms with E-state index in [-0.39, 0.29) is 24.5 Å². The number of carbonyl (C=O) groups is 1. The molecule has 112 valence electrons. The number of aromatic nitrogens is 1. The Bertz CT molecular complexity index is 488. The molecule has 0 saturated carbocycles. The second-order valence-corrected chi connectivity index (χ2v) is 3.79. The number of esters is 1. The fourth-order valence-electron chi connectivity index (χ4n) is 1.46. The fourth-order valence-corrected chi connectivity index (χ4v) is 1.46. The molecule has 0 bridgehead atoms. The van der Waals surface area contributed by atoms with E-state index in [2.05, 4.69) is 9.72 Å². The molecule has 0 aromatic carbocycles. The van der Waals surface area contributed by atoms with Crippen molar-refractivity contribution in [3.05, 3.63) is 17.3 Å². The monoisotopic (exact) mass is 293 g/mol. The van der Waals surface area contributed by atoms with Gasteiger partial charge in [-0.2, -0.15) is 0 Å². The normalized spacial score (nSPS) is 11.1. The number of hydrogen-bond donors (Lipinski definition) is 0. The number of methoxy groups -OCH3 is 1. The molecule has 1 aromatic rings. The molecule has 1 rings (SSSR count). The number of nitrogens with zero attached hydrogens (tertiary/aromatic N) is 1. The number of carbonyl (C=O) groups excluding carboxylic acids is 1. The third kappa shape index (κ3) is 4.60. The van der Waals surface area contributed by atoms with Crippen LogP contribution < -0.4 is 9.47 Å². The van der Waals surface area contributed by atoms with E-state index in [1.54, 1.807) is 13.8 Å². The Morgan fingerprint density at radius 2 is 2.05 bits per heavy atom. The first-order valence-electron chi connectivity index (χ1n) is 5.72. The lowest BCUT2D eigenvalue weighted by Crippen LogP contribution is -2.19. The first kappa shape index (κ1) is 16.1. The summed E-state index contributed by atoms with van der Waals surface area (Å²) in [7, 11) is 1.20. The molecule has 1 heterocycles. The number of alkyl halides is 3. The molecule has 0 aliphatic heterocycles. The topological polar surface area (TPSA) is 57.7 Å². The number of halogens is 3. The minimum absolute atomic E-state index is 0.142. The molecular formula is C12H14F3NO4. The maximum atomic E-state index is 12.3. The molecule has 0 amide bonds. The van der Waals surface area contributed by atoms with Crippen LogP contribution in [0, 0.1) is 6.92 Å². The number of aryl methyl sites for hydroxylation is 1. The van der Waals surface area contributed by atoms with Crippen molar-refractivity contribution in [2.24, 2.45) is 0 Å². The highest BCUT2D eigenvalue weighted by Gasteiger charge is 2.33. The lowest BCUT2D eigenvalue weighted by Gasteiger charge is -2.14. The molecular weight excluding hydrogens is 279 g/mol. The van der Waals surface area contributed by atoms with E-state index >= 15 is 0 Å². The minimum Gasteiger partial charge on any atom is -0.491 e. The summed E-state index contributed by atoms with van der Waals surface area (Å²) < 4.78 is 50.1. The summed E-state index contributed by atoms with van der Waals surface area (Å²) in [6.45, 7) is 3.41. The van der Waals surface area contributed by atoms with Crippen LogP contribution in [-0.2, 0) is 16.0 Å². The van der Waals surface area contributed by atoms with Crippen LogP contribution in [0.25, 0.3) is 0 Å². The average molecular weight is 293 g/mol. The van der Waals surface area contributed by atoms with Crippen molar-refractivity contribution >= 4 is 5.97 Å². The summed E-state index contributed by atoms with van der Waals surface area (Å²) in [6.07, 6.45) is -5.13. The van der Waals surface area contributed by atoms with Crippen molar-refractivity contribution in [3.8, 4) is 11.6 Å². The van der Waals surface area contributed by atoms with Crippen LogP contribution in [0.5, 0.6) is 11.6 Å². The van der Waals surface area contributed by atoms with Gasteiger partial charge in [-0.1, -0.05) is 0 Å². The van der Waals surface area contributed by atoms with E-state index in [0.29, 0.717) is 5.56 Å². The zero-order valence-electron chi connectivity index (χ0n) is 11.2. The molecule has 0 saturated heterocycles. The van der Waals surface area contributed by atoms with Crippen LogP contribution in [0.1, 0.15) is 18.2 Å². The maximum absolute atomic E-state index is 12.3. The summed E-state index contributed by atoms with van der Waals surface area (Å²) in [5.41, 5.74) is 0.646. The van der Waals surface area contributed by atoms with Gasteiger partial charge >= 0.3 is 12.3 Å². The molecule has 0 aliphatic rings. The van der Waals surface area contributed by atoms with Crippen molar-refractivity contribution in [2.75, 3.05) is 13.7 Å². The predicted molar refractivity (Wildman–Crippen MR) is 62.5 cm³/mol. The van der Waals surface area contributed by atoms with Gasteiger partial charge in [-0.05, 0) is 25.5 Å². The van der Waals surface area contributed by atoms with Crippen molar-refractivity contribution in [3.63, 3.8) is 0 Å². The van der Waals surface area contributed by atoms with Gasteiger partial charge in [-0.15, -0.1) is 13.2 Å². The molecule has 0 unspecified atom stereocenters. The van der Waals surface area contributed by atoms with E-state index in [1.165, 1.54) is 13.2 Å². The van der Waals surface area contributed by atoms with Gasteiger partial charge in [-0.25, -0.2) is 4.98 Å². The third-order valence-electron chi connectivity index (χ3n) is 2.30. The predicted octanol–water partition coefficient (Wildman–Crippen LogP) is 2.40. The minimum atomic E-state index is -4.89. The van der Waals surface area contributed by atoms with Crippen LogP contribution in [0.15, 0.2) is 6.07 Å². The standard InChI is InChI=1S/C12H14F3NO4/c1-4-19-10(17)6-8-7(2)5-9(18-3)11(16-8)20-12(13,14)15/h5H,4,6H2,1-3H3. The van der Waals surface area contributed by atoms with E-state index in [4.69, 9.17) is 9.47 Å². The van der Waals surface area contributed by atoms with E-state index in [1.807, 2.05) is 0 Å². The summed E-state index contributed by atoms with van der Waals surface area (Å²) in [6, 6.07) is 1.32. The Morgan fingerprint density at radius 3 is 2.55 bits per heavy atom. The number of hydrogen-bond acceptors (Lipinski definition) is 5. The zero-order valence-corrected chi connectivity index (χ0v) is 11.2. The van der Waals surface area contributed by atoms with E-state index in [9.17, 15) is 18.0 Å². The van der Waals surface area contributed by atoms with Crippen LogP contribution in [0.2, 0.25) is 0 Å². The smallest absolute Gasteiger partial charge is 0.491 e. The first-order valence-corrected chi connectivity index (χ1v) is 5.72. The average Bonchev–Trinajstić information content (AvgIpc) is 2.31. The van der Waals surface area contributed by atoms with Gasteiger partial charge in [0.25, 0.3) is 5.88 Å². The van der Waals surface area contributed by atoms with Gasteiger partial charge in [0.2, 0.25) is 0 Å². The molecule has 0 spiro atoms. The second-order valence-electron chi connectivity index (χ2n) is 3.79. The molecule has 5 nitrogen and oxygen atoms in total. The lowest BCUT2D eigenvalue weighted by molar-refractivity contribution is -0.276. The highest BCUT2D eigenvalue weighted by atomic mass is 19.4. The largest absolute Gasteiger partial charge is 0.574 e. The Morgan fingerprint density at radius 1 is 1.40 bits per heavy atom. The maximum Gasteiger partial charge on any atom is 0.574 e. The highest BCUT2D eigenvalue weighted by Crippen LogP contribution is 2.31. The SMILES string of the molecule is CCOC(=O)Cc1nc(OC(F)(F)F)c(OC)cc1C. The third-order valence-corrected chi connectivity index (χ3v) is 2.30. The van der Waals surface area contributed by atoms with Crippen LogP contribution >= 0.6 is 0 Å². The fraction of sp³-hybridized carbons (Fsp3) is 0.500. The Labute approximate surface area is 113 Å². The van der Waals surface area contributed by atoms with E-state index < -0.39 is 18.2 Å². The van der Waals surface area contributed by atoms with Crippen molar-refractivity contribution in [1.29, 1.82) is 0 Å². The summed E-state index contributed by atoms with van der Waals surface area (Å²) in [4.78, 5) is 15.0. The summed E-state index contributed by atoms with van der Waals surface area (Å²) in [5.74, 6) is -1.47. The molecule has 8 heteroatoms. The quantitative estimate of drug-likeness (QED) is 0.780. The Kier molecular flexibility index (Phi) is 5.18. The van der Waals surface area contributed by atoms with Gasteiger partial charge in [-0.3, -0.25) is 4.79 Å². The van der Waals surface area contributed by atoms with E-state index in [0.717, 1.165) is 0 Å². The summed E-state index contributed by atoms with van der Waals surface area (Å²) in [5, 5.41) is 0. The highest BCUT2D eigenvalue weighted by molar-refractivity contribution is 5.72. The van der Waals surface area contributed by atoms with Gasteiger partial charge in [0.15, 0.2) is 5.75 Å². The zero-order chi connectivity index (χ0) is 15.3. The van der Waals surface area contributed by atoms with Gasteiger partial charge in [0, 0.05) is 0 Å². The van der Waals surface area contributed by atoms with Crippen LogP contribution in [-0.4, -0.2) is 31.0 Å². The first-order chi connectivity index (χ1) is 9.26. The van der Waals surface area contributed by atoms with Gasteiger partial charge < -0.3 is 14.2 Å². The second kappa shape index (κ2) is 6.44. The lowest BCUT2D eigenvalue weighted by atomic mass is 10.1. The molecule has 0 atom stereocenters. The van der Waals surface area contributed by atoms with Gasteiger partial charge in [0.1, 0.15) is 0 Å². The molecule has 0 aliphatic carbocycles. The molecule has 0 radical (unpaired) electrons. The number of rotatable bonds is 5. The Balaban J connectivity index is 3.07. The molecule has 0 N–H and O–H groups in total. The van der Waals surface area contributed by atoms with Crippen LogP contribution in [0.3, 0.4) is 0 Å². The summed E-state index contributed by atoms with van der Waals surface area (Å²) >= 11 is 0. The van der Waals surface area contributed by atoms with Crippen molar-refractivity contribution in [2.45, 2.75) is 26.6 Å². The number of ether oxygens (including phenoxy) is 3. The van der Waals surface area contributed by atoms with Crippen molar-refractivity contribution in [1.82, 2.24) is 4.98 Å². The Hall–Kier alpha value is -1.99. The molecule has 0 fully saturated rings. The van der Waals surface area contributed by atoms with Crippen LogP contribution in [0.4, 0.5) is 13.2 Å². The molecule has 20 heavy (non-hydrogen) atoms.